The number of esters is 1. The molecule has 0 fully saturated rings. The molecule has 0 saturated heterocycles. The number of nitro benzene ring substituents is 1. The molecular formula is C19H20N4O6. The number of rotatable bonds is 8. The molecular weight excluding hydrogens is 380 g/mol. The monoisotopic (exact) mass is 400 g/mol. The number of amides is 3. The molecule has 2 aromatic rings. The first-order chi connectivity index (χ1) is 13.9. The predicted octanol–water partition coefficient (Wildman–Crippen LogP) is 1.96. The fraction of sp³-hybridized carbons (Fsp3) is 0.211. The Morgan fingerprint density at radius 1 is 1.03 bits per heavy atom. The van der Waals surface area contributed by atoms with Crippen LogP contribution in [0.4, 0.5) is 16.2 Å². The molecule has 152 valence electrons. The summed E-state index contributed by atoms with van der Waals surface area (Å²) in [5.41, 5.74) is 0.602. The molecule has 3 N–H and O–H groups in total. The normalized spacial score (nSPS) is 11.1. The maximum absolute atomic E-state index is 12.1. The minimum atomic E-state index is -1.21. The van der Waals surface area contributed by atoms with Crippen LogP contribution in [0.2, 0.25) is 0 Å². The minimum Gasteiger partial charge on any atom is -0.451 e. The number of benzene rings is 2. The van der Waals surface area contributed by atoms with E-state index in [0.717, 1.165) is 5.56 Å². The molecule has 1 unspecified atom stereocenters. The zero-order valence-electron chi connectivity index (χ0n) is 15.6. The number of carbonyl (C=O) groups is 3. The molecule has 10 nitrogen and oxygen atoms in total. The van der Waals surface area contributed by atoms with E-state index in [4.69, 9.17) is 4.74 Å². The molecule has 0 radical (unpaired) electrons. The van der Waals surface area contributed by atoms with E-state index in [-0.39, 0.29) is 17.9 Å². The van der Waals surface area contributed by atoms with Crippen molar-refractivity contribution in [1.29, 1.82) is 0 Å². The van der Waals surface area contributed by atoms with Crippen LogP contribution in [0.5, 0.6) is 0 Å². The summed E-state index contributed by atoms with van der Waals surface area (Å²) in [5.74, 6) is -1.56. The summed E-state index contributed by atoms with van der Waals surface area (Å²) >= 11 is 0. The lowest BCUT2D eigenvalue weighted by Gasteiger charge is -2.14. The first-order valence-corrected chi connectivity index (χ1v) is 8.66. The topological polar surface area (TPSA) is 140 Å². The second-order valence-corrected chi connectivity index (χ2v) is 5.92. The Labute approximate surface area is 166 Å². The minimum absolute atomic E-state index is 0.0104. The lowest BCUT2D eigenvalue weighted by molar-refractivity contribution is -0.383. The van der Waals surface area contributed by atoms with Crippen LogP contribution in [0.1, 0.15) is 12.5 Å². The van der Waals surface area contributed by atoms with Gasteiger partial charge in [0.05, 0.1) is 4.92 Å². The fourth-order valence-electron chi connectivity index (χ4n) is 2.26. The van der Waals surface area contributed by atoms with Crippen LogP contribution >= 0.6 is 0 Å². The third kappa shape index (κ3) is 6.94. The Morgan fingerprint density at radius 2 is 1.69 bits per heavy atom. The average Bonchev–Trinajstić information content (AvgIpc) is 2.71. The number of nitrogens with one attached hydrogen (secondary N) is 3. The highest BCUT2D eigenvalue weighted by Crippen LogP contribution is 2.23. The number of carbonyl (C=O) groups excluding carboxylic acids is 3. The Hall–Kier alpha value is -3.95. The van der Waals surface area contributed by atoms with Gasteiger partial charge in [-0.1, -0.05) is 42.5 Å². The van der Waals surface area contributed by atoms with Crippen LogP contribution in [0.15, 0.2) is 54.6 Å². The first kappa shape index (κ1) is 21.4. The number of ether oxygens (including phenoxy) is 1. The van der Waals surface area contributed by atoms with Gasteiger partial charge in [-0.15, -0.1) is 0 Å². The lowest BCUT2D eigenvalue weighted by atomic mass is 10.2. The van der Waals surface area contributed by atoms with Crippen LogP contribution in [0, 0.1) is 10.1 Å². The quantitative estimate of drug-likeness (QED) is 0.352. The van der Waals surface area contributed by atoms with Crippen molar-refractivity contribution in [2.24, 2.45) is 0 Å². The number of urea groups is 1. The van der Waals surface area contributed by atoms with Gasteiger partial charge < -0.3 is 20.7 Å². The third-order valence-electron chi connectivity index (χ3n) is 3.73. The molecule has 1 atom stereocenters. The third-order valence-corrected chi connectivity index (χ3v) is 3.73. The zero-order chi connectivity index (χ0) is 21.2. The summed E-state index contributed by atoms with van der Waals surface area (Å²) in [6.45, 7) is 1.16. The van der Waals surface area contributed by atoms with E-state index < -0.39 is 35.5 Å². The van der Waals surface area contributed by atoms with E-state index in [1.807, 2.05) is 30.3 Å². The van der Waals surface area contributed by atoms with E-state index in [1.165, 1.54) is 31.2 Å². The SMILES string of the molecule is CC(OC(=O)CNC(=O)NCc1ccccc1)C(=O)Nc1ccccc1[N+](=O)[O-]. The van der Waals surface area contributed by atoms with Crippen molar-refractivity contribution < 1.29 is 24.0 Å². The van der Waals surface area contributed by atoms with Gasteiger partial charge in [0.25, 0.3) is 11.6 Å². The molecule has 29 heavy (non-hydrogen) atoms. The molecule has 0 aliphatic rings. The van der Waals surface area contributed by atoms with Crippen LogP contribution in [0.3, 0.4) is 0 Å². The second-order valence-electron chi connectivity index (χ2n) is 5.92. The van der Waals surface area contributed by atoms with Crippen molar-refractivity contribution in [3.8, 4) is 0 Å². The maximum Gasteiger partial charge on any atom is 0.326 e. The number of para-hydroxylation sites is 2. The fourth-order valence-corrected chi connectivity index (χ4v) is 2.26. The highest BCUT2D eigenvalue weighted by molar-refractivity contribution is 5.97. The molecule has 0 aliphatic carbocycles. The van der Waals surface area contributed by atoms with Crippen molar-refractivity contribution >= 4 is 29.3 Å². The summed E-state index contributed by atoms with van der Waals surface area (Å²) in [6.07, 6.45) is -1.21. The summed E-state index contributed by atoms with van der Waals surface area (Å²) in [5, 5.41) is 18.2. The molecule has 0 saturated carbocycles. The first-order valence-electron chi connectivity index (χ1n) is 8.66. The summed E-state index contributed by atoms with van der Waals surface area (Å²) < 4.78 is 4.93. The largest absolute Gasteiger partial charge is 0.451 e. The molecule has 3 amide bonds. The Bertz CT molecular complexity index is 887. The maximum atomic E-state index is 12.1. The molecule has 0 aromatic heterocycles. The second kappa shape index (κ2) is 10.4. The van der Waals surface area contributed by atoms with Crippen molar-refractivity contribution in [1.82, 2.24) is 10.6 Å². The summed E-state index contributed by atoms with van der Waals surface area (Å²) in [4.78, 5) is 46.0. The Morgan fingerprint density at radius 3 is 2.38 bits per heavy atom. The van der Waals surface area contributed by atoms with E-state index in [9.17, 15) is 24.5 Å². The van der Waals surface area contributed by atoms with Gasteiger partial charge in [0.1, 0.15) is 12.2 Å². The zero-order valence-corrected chi connectivity index (χ0v) is 15.6. The van der Waals surface area contributed by atoms with Gasteiger partial charge in [0.15, 0.2) is 6.10 Å². The molecule has 0 spiro atoms. The smallest absolute Gasteiger partial charge is 0.326 e. The van der Waals surface area contributed by atoms with Gasteiger partial charge in [0, 0.05) is 12.6 Å². The van der Waals surface area contributed by atoms with Crippen LogP contribution < -0.4 is 16.0 Å². The van der Waals surface area contributed by atoms with E-state index >= 15 is 0 Å². The van der Waals surface area contributed by atoms with Gasteiger partial charge >= 0.3 is 12.0 Å². The number of nitrogens with zero attached hydrogens (tertiary/aromatic N) is 1. The summed E-state index contributed by atoms with van der Waals surface area (Å²) in [6, 6.07) is 14.2. The number of nitro groups is 1. The Kier molecular flexibility index (Phi) is 7.66. The lowest BCUT2D eigenvalue weighted by Crippen LogP contribution is -2.40. The Balaban J connectivity index is 1.76. The van der Waals surface area contributed by atoms with E-state index in [1.54, 1.807) is 0 Å². The van der Waals surface area contributed by atoms with E-state index in [2.05, 4.69) is 16.0 Å². The van der Waals surface area contributed by atoms with Gasteiger partial charge in [-0.05, 0) is 18.6 Å². The molecule has 2 aromatic carbocycles. The van der Waals surface area contributed by atoms with Crippen molar-refractivity contribution in [3.05, 3.63) is 70.3 Å². The standard InChI is InChI=1S/C19H20N4O6/c1-13(18(25)22-15-9-5-6-10-16(15)23(27)28)29-17(24)12-21-19(26)20-11-14-7-3-2-4-8-14/h2-10,13H,11-12H2,1H3,(H,22,25)(H2,20,21,26). The average molecular weight is 400 g/mol. The highest BCUT2D eigenvalue weighted by atomic mass is 16.6. The van der Waals surface area contributed by atoms with Crippen molar-refractivity contribution in [2.45, 2.75) is 19.6 Å². The molecule has 0 aliphatic heterocycles. The van der Waals surface area contributed by atoms with Crippen LogP contribution in [-0.2, 0) is 20.9 Å². The van der Waals surface area contributed by atoms with Crippen molar-refractivity contribution in [3.63, 3.8) is 0 Å². The molecule has 0 heterocycles. The predicted molar refractivity (Wildman–Crippen MR) is 104 cm³/mol. The van der Waals surface area contributed by atoms with Gasteiger partial charge in [-0.3, -0.25) is 19.7 Å². The molecule has 2 rings (SSSR count). The number of hydrogen-bond acceptors (Lipinski definition) is 6. The number of hydrogen-bond donors (Lipinski definition) is 3. The van der Waals surface area contributed by atoms with Crippen molar-refractivity contribution in [2.75, 3.05) is 11.9 Å². The number of anilines is 1. The molecule has 10 heteroatoms. The van der Waals surface area contributed by atoms with E-state index in [0.29, 0.717) is 0 Å². The van der Waals surface area contributed by atoms with Gasteiger partial charge in [0.2, 0.25) is 0 Å². The molecule has 0 bridgehead atoms. The van der Waals surface area contributed by atoms with Gasteiger partial charge in [-0.25, -0.2) is 4.79 Å². The van der Waals surface area contributed by atoms with Crippen LogP contribution in [0.25, 0.3) is 0 Å². The summed E-state index contributed by atoms with van der Waals surface area (Å²) in [7, 11) is 0. The van der Waals surface area contributed by atoms with Gasteiger partial charge in [-0.2, -0.15) is 0 Å². The highest BCUT2D eigenvalue weighted by Gasteiger charge is 2.21. The van der Waals surface area contributed by atoms with Crippen LogP contribution in [-0.4, -0.2) is 35.5 Å².